The molecule has 37 heavy (non-hydrogen) atoms. The van der Waals surface area contributed by atoms with Crippen molar-refractivity contribution in [3.8, 4) is 0 Å². The van der Waals surface area contributed by atoms with Crippen LogP contribution in [0.1, 0.15) is 76.0 Å². The van der Waals surface area contributed by atoms with Gasteiger partial charge in [-0.1, -0.05) is 61.3 Å². The molecule has 0 bridgehead atoms. The summed E-state index contributed by atoms with van der Waals surface area (Å²) in [6.07, 6.45) is 2.64. The largest absolute Gasteiger partial charge is 0.481 e. The number of carbonyl (C=O) groups is 3. The number of rotatable bonds is 9. The van der Waals surface area contributed by atoms with Crippen molar-refractivity contribution in [1.29, 1.82) is 0 Å². The third kappa shape index (κ3) is 5.96. The molecule has 4 rings (SSSR count). The number of likely N-dealkylation sites (tertiary alicyclic amines) is 1. The summed E-state index contributed by atoms with van der Waals surface area (Å²) in [4.78, 5) is 42.6. The quantitative estimate of drug-likeness (QED) is 0.400. The summed E-state index contributed by atoms with van der Waals surface area (Å²) in [6, 6.07) is 14.6. The van der Waals surface area contributed by atoms with Gasteiger partial charge in [-0.05, 0) is 61.1 Å². The molecule has 4 atom stereocenters. The molecular formula is C29H34Cl2N2O4. The second-order valence-electron chi connectivity index (χ2n) is 10.7. The Morgan fingerprint density at radius 2 is 1.78 bits per heavy atom. The first kappa shape index (κ1) is 27.5. The van der Waals surface area contributed by atoms with Gasteiger partial charge < -0.3 is 14.9 Å². The number of carboxylic acid groups (broad SMARTS) is 1. The van der Waals surface area contributed by atoms with E-state index in [1.807, 2.05) is 59.2 Å². The first-order valence-corrected chi connectivity index (χ1v) is 13.6. The second-order valence-corrected chi connectivity index (χ2v) is 11.5. The standard InChI is InChI=1S/C29H34Cl2N2O4/c1-4-23(17-32(18(2)34)24-12-13-24)33-27(19-8-10-21(30)11-9-19)25(20-6-5-7-22(31)14-20)15-29(3,28(33)37)16-26(35)36/h5-11,14,23-25,27H,4,12-13,15-17H2,1-3H3,(H,35,36). The molecule has 2 fully saturated rings. The number of halogens is 2. The van der Waals surface area contributed by atoms with Crippen LogP contribution in [0.4, 0.5) is 0 Å². The fourth-order valence-corrected chi connectivity index (χ4v) is 6.17. The molecule has 0 spiro atoms. The lowest BCUT2D eigenvalue weighted by Gasteiger charge is -2.52. The molecule has 2 aromatic rings. The normalized spacial score (nSPS) is 24.6. The van der Waals surface area contributed by atoms with E-state index in [1.165, 1.54) is 0 Å². The SMILES string of the molecule is CCC(CN(C(C)=O)C1CC1)N1C(=O)C(C)(CC(=O)O)CC(c2cccc(Cl)c2)C1c1ccc(Cl)cc1. The van der Waals surface area contributed by atoms with Crippen LogP contribution in [0.25, 0.3) is 0 Å². The Morgan fingerprint density at radius 3 is 2.32 bits per heavy atom. The first-order valence-electron chi connectivity index (χ1n) is 12.9. The molecule has 198 valence electrons. The Balaban J connectivity index is 1.87. The number of piperidine rings is 1. The minimum atomic E-state index is -1.12. The van der Waals surface area contributed by atoms with E-state index in [9.17, 15) is 19.5 Å². The van der Waals surface area contributed by atoms with Crippen molar-refractivity contribution in [2.24, 2.45) is 5.41 Å². The summed E-state index contributed by atoms with van der Waals surface area (Å²) < 4.78 is 0. The van der Waals surface area contributed by atoms with Crippen LogP contribution in [0.3, 0.4) is 0 Å². The van der Waals surface area contributed by atoms with Gasteiger partial charge in [0, 0.05) is 41.5 Å². The highest BCUT2D eigenvalue weighted by molar-refractivity contribution is 6.30. The van der Waals surface area contributed by atoms with Crippen molar-refractivity contribution in [2.75, 3.05) is 6.54 Å². The third-order valence-corrected chi connectivity index (χ3v) is 8.28. The topological polar surface area (TPSA) is 77.9 Å². The molecule has 1 saturated heterocycles. The van der Waals surface area contributed by atoms with E-state index in [0.29, 0.717) is 29.4 Å². The number of carbonyl (C=O) groups excluding carboxylic acids is 2. The van der Waals surface area contributed by atoms with Gasteiger partial charge in [-0.3, -0.25) is 14.4 Å². The average Bonchev–Trinajstić information content (AvgIpc) is 3.67. The number of amides is 2. The Kier molecular flexibility index (Phi) is 8.20. The van der Waals surface area contributed by atoms with Gasteiger partial charge in [0.05, 0.1) is 17.9 Å². The summed E-state index contributed by atoms with van der Waals surface area (Å²) in [5.41, 5.74) is 0.747. The highest BCUT2D eigenvalue weighted by atomic mass is 35.5. The first-order chi connectivity index (χ1) is 17.5. The summed E-state index contributed by atoms with van der Waals surface area (Å²) in [5.74, 6) is -1.42. The van der Waals surface area contributed by atoms with Crippen molar-refractivity contribution < 1.29 is 19.5 Å². The minimum Gasteiger partial charge on any atom is -0.481 e. The predicted octanol–water partition coefficient (Wildman–Crippen LogP) is 6.32. The zero-order chi connectivity index (χ0) is 26.9. The lowest BCUT2D eigenvalue weighted by Crippen LogP contribution is -2.58. The summed E-state index contributed by atoms with van der Waals surface area (Å²) in [6.45, 7) is 5.75. The van der Waals surface area contributed by atoms with Crippen LogP contribution in [0, 0.1) is 5.41 Å². The molecule has 2 aromatic carbocycles. The Bertz CT molecular complexity index is 1170. The fraction of sp³-hybridized carbons (Fsp3) is 0.483. The molecule has 1 aliphatic carbocycles. The molecule has 2 aliphatic rings. The van der Waals surface area contributed by atoms with E-state index >= 15 is 0 Å². The number of hydrogen-bond acceptors (Lipinski definition) is 3. The van der Waals surface area contributed by atoms with E-state index in [0.717, 1.165) is 24.0 Å². The molecule has 1 N–H and O–H groups in total. The van der Waals surface area contributed by atoms with Gasteiger partial charge in [0.15, 0.2) is 0 Å². The Hall–Kier alpha value is -2.57. The number of nitrogens with zero attached hydrogens (tertiary/aromatic N) is 2. The molecule has 1 saturated carbocycles. The maximum Gasteiger partial charge on any atom is 0.304 e. The van der Waals surface area contributed by atoms with Gasteiger partial charge in [0.1, 0.15) is 0 Å². The van der Waals surface area contributed by atoms with Gasteiger partial charge in [-0.15, -0.1) is 0 Å². The van der Waals surface area contributed by atoms with Crippen LogP contribution in [-0.4, -0.2) is 51.3 Å². The maximum absolute atomic E-state index is 14.3. The average molecular weight is 546 g/mol. The monoisotopic (exact) mass is 544 g/mol. The zero-order valence-electron chi connectivity index (χ0n) is 21.5. The van der Waals surface area contributed by atoms with E-state index in [2.05, 4.69) is 0 Å². The van der Waals surface area contributed by atoms with Crippen LogP contribution >= 0.6 is 23.2 Å². The Labute approximate surface area is 228 Å². The van der Waals surface area contributed by atoms with E-state index in [1.54, 1.807) is 19.9 Å². The maximum atomic E-state index is 14.3. The Morgan fingerprint density at radius 1 is 1.11 bits per heavy atom. The molecule has 4 unspecified atom stereocenters. The van der Waals surface area contributed by atoms with E-state index in [-0.39, 0.29) is 42.3 Å². The van der Waals surface area contributed by atoms with E-state index in [4.69, 9.17) is 23.2 Å². The smallest absolute Gasteiger partial charge is 0.304 e. The van der Waals surface area contributed by atoms with Crippen LogP contribution < -0.4 is 0 Å². The molecule has 1 heterocycles. The van der Waals surface area contributed by atoms with Gasteiger partial charge in [-0.25, -0.2) is 0 Å². The van der Waals surface area contributed by atoms with Crippen LogP contribution in [0.15, 0.2) is 48.5 Å². The number of carboxylic acids is 1. The van der Waals surface area contributed by atoms with Gasteiger partial charge in [0.2, 0.25) is 11.8 Å². The van der Waals surface area contributed by atoms with Crippen molar-refractivity contribution in [1.82, 2.24) is 9.80 Å². The van der Waals surface area contributed by atoms with Crippen molar-refractivity contribution >= 4 is 41.0 Å². The van der Waals surface area contributed by atoms with Crippen molar-refractivity contribution in [2.45, 2.75) is 76.9 Å². The molecule has 1 aliphatic heterocycles. The molecule has 8 heteroatoms. The predicted molar refractivity (Wildman–Crippen MR) is 145 cm³/mol. The summed E-state index contributed by atoms with van der Waals surface area (Å²) >= 11 is 12.6. The molecule has 2 amide bonds. The van der Waals surface area contributed by atoms with Crippen molar-refractivity contribution in [3.05, 3.63) is 69.7 Å². The van der Waals surface area contributed by atoms with Crippen LogP contribution in [-0.2, 0) is 14.4 Å². The van der Waals surface area contributed by atoms with Crippen molar-refractivity contribution in [3.63, 3.8) is 0 Å². The fourth-order valence-electron chi connectivity index (χ4n) is 5.84. The summed E-state index contributed by atoms with van der Waals surface area (Å²) in [7, 11) is 0. The highest BCUT2D eigenvalue weighted by Crippen LogP contribution is 2.52. The lowest BCUT2D eigenvalue weighted by molar-refractivity contribution is -0.161. The lowest BCUT2D eigenvalue weighted by atomic mass is 9.67. The molecule has 0 aromatic heterocycles. The minimum absolute atomic E-state index is 0.00635. The second kappa shape index (κ2) is 11.0. The van der Waals surface area contributed by atoms with Gasteiger partial charge in [0.25, 0.3) is 0 Å². The number of aliphatic carboxylic acids is 1. The molecular weight excluding hydrogens is 511 g/mol. The molecule has 0 radical (unpaired) electrons. The summed E-state index contributed by atoms with van der Waals surface area (Å²) in [5, 5.41) is 11.0. The van der Waals surface area contributed by atoms with E-state index < -0.39 is 11.4 Å². The van der Waals surface area contributed by atoms with Crippen LogP contribution in [0.5, 0.6) is 0 Å². The highest BCUT2D eigenvalue weighted by Gasteiger charge is 2.52. The van der Waals surface area contributed by atoms with Crippen LogP contribution in [0.2, 0.25) is 10.0 Å². The zero-order valence-corrected chi connectivity index (χ0v) is 23.0. The third-order valence-electron chi connectivity index (χ3n) is 7.80. The molecule has 6 nitrogen and oxygen atoms in total. The van der Waals surface area contributed by atoms with Gasteiger partial charge in [-0.2, -0.15) is 0 Å². The number of hydrogen-bond donors (Lipinski definition) is 1. The number of benzene rings is 2. The van der Waals surface area contributed by atoms with Gasteiger partial charge >= 0.3 is 5.97 Å².